The SMILES string of the molecule is O=C(Nc1ccc(C(=O)N2CCCC2CCc2ccccc2)cc1)C1CC1. The number of nitrogens with zero attached hydrogens (tertiary/aromatic N) is 1. The number of carbonyl (C=O) groups excluding carboxylic acids is 2. The zero-order chi connectivity index (χ0) is 18.6. The van der Waals surface area contributed by atoms with E-state index in [-0.39, 0.29) is 17.7 Å². The molecule has 4 heteroatoms. The maximum absolute atomic E-state index is 13.0. The number of carbonyl (C=O) groups is 2. The molecule has 140 valence electrons. The summed E-state index contributed by atoms with van der Waals surface area (Å²) in [6.45, 7) is 0.832. The van der Waals surface area contributed by atoms with Gasteiger partial charge in [0, 0.05) is 29.8 Å². The molecule has 1 saturated carbocycles. The summed E-state index contributed by atoms with van der Waals surface area (Å²) < 4.78 is 0. The van der Waals surface area contributed by atoms with E-state index in [1.54, 1.807) is 0 Å². The van der Waals surface area contributed by atoms with Crippen LogP contribution in [-0.2, 0) is 11.2 Å². The van der Waals surface area contributed by atoms with Crippen molar-refractivity contribution in [1.29, 1.82) is 0 Å². The zero-order valence-electron chi connectivity index (χ0n) is 15.6. The molecule has 1 atom stereocenters. The summed E-state index contributed by atoms with van der Waals surface area (Å²) in [5.41, 5.74) is 2.80. The van der Waals surface area contributed by atoms with Gasteiger partial charge in [-0.15, -0.1) is 0 Å². The van der Waals surface area contributed by atoms with Gasteiger partial charge in [-0.25, -0.2) is 0 Å². The summed E-state index contributed by atoms with van der Waals surface area (Å²) in [5, 5.41) is 2.92. The first-order valence-corrected chi connectivity index (χ1v) is 9.96. The minimum absolute atomic E-state index is 0.0922. The van der Waals surface area contributed by atoms with Gasteiger partial charge in [0.05, 0.1) is 0 Å². The van der Waals surface area contributed by atoms with E-state index >= 15 is 0 Å². The van der Waals surface area contributed by atoms with E-state index in [9.17, 15) is 9.59 Å². The molecule has 2 aromatic carbocycles. The van der Waals surface area contributed by atoms with Gasteiger partial charge in [0.25, 0.3) is 5.91 Å². The van der Waals surface area contributed by atoms with Gasteiger partial charge in [-0.05, 0) is 68.4 Å². The highest BCUT2D eigenvalue weighted by atomic mass is 16.2. The molecule has 4 nitrogen and oxygen atoms in total. The Kier molecular flexibility index (Phi) is 5.23. The highest BCUT2D eigenvalue weighted by Crippen LogP contribution is 2.30. The van der Waals surface area contributed by atoms with Crippen molar-refractivity contribution < 1.29 is 9.59 Å². The predicted molar refractivity (Wildman–Crippen MR) is 107 cm³/mol. The van der Waals surface area contributed by atoms with Crippen LogP contribution < -0.4 is 5.32 Å². The smallest absolute Gasteiger partial charge is 0.254 e. The van der Waals surface area contributed by atoms with Gasteiger partial charge in [0.1, 0.15) is 0 Å². The van der Waals surface area contributed by atoms with Gasteiger partial charge < -0.3 is 10.2 Å². The van der Waals surface area contributed by atoms with Crippen LogP contribution in [0.15, 0.2) is 54.6 Å². The fourth-order valence-electron chi connectivity index (χ4n) is 3.83. The minimum Gasteiger partial charge on any atom is -0.336 e. The van der Waals surface area contributed by atoms with E-state index in [0.717, 1.165) is 50.8 Å². The molecule has 27 heavy (non-hydrogen) atoms. The number of hydrogen-bond acceptors (Lipinski definition) is 2. The Labute approximate surface area is 160 Å². The van der Waals surface area contributed by atoms with Gasteiger partial charge >= 0.3 is 0 Å². The van der Waals surface area contributed by atoms with Crippen LogP contribution in [0.3, 0.4) is 0 Å². The van der Waals surface area contributed by atoms with E-state index in [1.807, 2.05) is 35.2 Å². The number of rotatable bonds is 6. The van der Waals surface area contributed by atoms with Gasteiger partial charge in [-0.2, -0.15) is 0 Å². The third-order valence-corrected chi connectivity index (χ3v) is 5.59. The van der Waals surface area contributed by atoms with E-state index in [1.165, 1.54) is 5.56 Å². The second-order valence-corrected chi connectivity index (χ2v) is 7.66. The van der Waals surface area contributed by atoms with Gasteiger partial charge in [-0.1, -0.05) is 30.3 Å². The maximum atomic E-state index is 13.0. The monoisotopic (exact) mass is 362 g/mol. The lowest BCUT2D eigenvalue weighted by Gasteiger charge is -2.25. The predicted octanol–water partition coefficient (Wildman–Crippen LogP) is 4.27. The highest BCUT2D eigenvalue weighted by Gasteiger charge is 2.30. The summed E-state index contributed by atoms with van der Waals surface area (Å²) in [5.74, 6) is 0.376. The fraction of sp³-hybridized carbons (Fsp3) is 0.391. The molecule has 4 rings (SSSR count). The van der Waals surface area contributed by atoms with Crippen molar-refractivity contribution in [1.82, 2.24) is 4.90 Å². The Balaban J connectivity index is 1.36. The molecule has 1 aliphatic carbocycles. The molecule has 1 heterocycles. The summed E-state index contributed by atoms with van der Waals surface area (Å²) >= 11 is 0. The van der Waals surface area contributed by atoms with E-state index in [4.69, 9.17) is 0 Å². The first-order chi connectivity index (χ1) is 13.2. The molecule has 1 unspecified atom stereocenters. The van der Waals surface area contributed by atoms with Crippen LogP contribution in [0.1, 0.15) is 48.0 Å². The number of hydrogen-bond donors (Lipinski definition) is 1. The lowest BCUT2D eigenvalue weighted by molar-refractivity contribution is -0.117. The quantitative estimate of drug-likeness (QED) is 0.834. The summed E-state index contributed by atoms with van der Waals surface area (Å²) in [4.78, 5) is 26.8. The molecule has 0 radical (unpaired) electrons. The lowest BCUT2D eigenvalue weighted by Crippen LogP contribution is -2.35. The number of likely N-dealkylation sites (tertiary alicyclic amines) is 1. The Bertz CT molecular complexity index is 797. The number of anilines is 1. The second-order valence-electron chi connectivity index (χ2n) is 7.66. The van der Waals surface area contributed by atoms with Gasteiger partial charge in [0.15, 0.2) is 0 Å². The first kappa shape index (κ1) is 17.8. The van der Waals surface area contributed by atoms with Crippen LogP contribution in [0.5, 0.6) is 0 Å². The Morgan fingerprint density at radius 1 is 0.963 bits per heavy atom. The van der Waals surface area contributed by atoms with Crippen LogP contribution >= 0.6 is 0 Å². The molecule has 1 saturated heterocycles. The van der Waals surface area contributed by atoms with Crippen LogP contribution in [0.2, 0.25) is 0 Å². The number of aryl methyl sites for hydroxylation is 1. The summed E-state index contributed by atoms with van der Waals surface area (Å²) in [6.07, 6.45) is 6.13. The third kappa shape index (κ3) is 4.38. The summed E-state index contributed by atoms with van der Waals surface area (Å²) in [7, 11) is 0. The summed E-state index contributed by atoms with van der Waals surface area (Å²) in [6, 6.07) is 18.1. The minimum atomic E-state index is 0.0922. The number of nitrogens with one attached hydrogen (secondary N) is 1. The van der Waals surface area contributed by atoms with Crippen molar-refractivity contribution in [3.8, 4) is 0 Å². The van der Waals surface area contributed by atoms with E-state index in [2.05, 4.69) is 29.6 Å². The lowest BCUT2D eigenvalue weighted by atomic mass is 10.0. The molecule has 0 spiro atoms. The third-order valence-electron chi connectivity index (χ3n) is 5.59. The molecule has 0 aromatic heterocycles. The van der Waals surface area contributed by atoms with E-state index < -0.39 is 0 Å². The van der Waals surface area contributed by atoms with Crippen LogP contribution in [0.4, 0.5) is 5.69 Å². The standard InChI is InChI=1S/C23H26N2O2/c26-22(18-9-10-18)24-20-13-11-19(12-14-20)23(27)25-16-4-7-21(25)15-8-17-5-2-1-3-6-17/h1-3,5-6,11-14,18,21H,4,7-10,15-16H2,(H,24,26). The van der Waals surface area contributed by atoms with Crippen LogP contribution in [0, 0.1) is 5.92 Å². The molecule has 1 N–H and O–H groups in total. The molecular formula is C23H26N2O2. The van der Waals surface area contributed by atoms with E-state index in [0.29, 0.717) is 11.6 Å². The number of amides is 2. The van der Waals surface area contributed by atoms with Gasteiger partial charge in [0.2, 0.25) is 5.91 Å². The average Bonchev–Trinajstić information content (AvgIpc) is 3.46. The van der Waals surface area contributed by atoms with Crippen molar-refractivity contribution >= 4 is 17.5 Å². The number of benzene rings is 2. The van der Waals surface area contributed by atoms with Crippen LogP contribution in [-0.4, -0.2) is 29.3 Å². The molecule has 2 amide bonds. The van der Waals surface area contributed by atoms with Crippen LogP contribution in [0.25, 0.3) is 0 Å². The Morgan fingerprint density at radius 3 is 2.41 bits per heavy atom. The van der Waals surface area contributed by atoms with Crippen molar-refractivity contribution in [3.05, 3.63) is 65.7 Å². The second kappa shape index (κ2) is 7.95. The first-order valence-electron chi connectivity index (χ1n) is 9.96. The topological polar surface area (TPSA) is 49.4 Å². The maximum Gasteiger partial charge on any atom is 0.254 e. The molecule has 2 aliphatic rings. The normalized spacial score (nSPS) is 19.1. The molecule has 2 aromatic rings. The zero-order valence-corrected chi connectivity index (χ0v) is 15.6. The molecule has 2 fully saturated rings. The Morgan fingerprint density at radius 2 is 1.70 bits per heavy atom. The van der Waals surface area contributed by atoms with Crippen molar-refractivity contribution in [2.45, 2.75) is 44.6 Å². The fourth-order valence-corrected chi connectivity index (χ4v) is 3.83. The largest absolute Gasteiger partial charge is 0.336 e. The Hall–Kier alpha value is -2.62. The molecule has 0 bridgehead atoms. The van der Waals surface area contributed by atoms with Gasteiger partial charge in [-0.3, -0.25) is 9.59 Å². The molecular weight excluding hydrogens is 336 g/mol. The highest BCUT2D eigenvalue weighted by molar-refractivity contribution is 5.97. The van der Waals surface area contributed by atoms with Crippen molar-refractivity contribution in [3.63, 3.8) is 0 Å². The van der Waals surface area contributed by atoms with Crippen molar-refractivity contribution in [2.75, 3.05) is 11.9 Å². The average molecular weight is 362 g/mol. The molecule has 1 aliphatic heterocycles. The van der Waals surface area contributed by atoms with Crippen molar-refractivity contribution in [2.24, 2.45) is 5.92 Å².